The second kappa shape index (κ2) is 18.5. The van der Waals surface area contributed by atoms with Gasteiger partial charge in [-0.3, -0.25) is 9.59 Å². The number of likely N-dealkylation sites (tertiary alicyclic amines) is 1. The van der Waals surface area contributed by atoms with Crippen molar-refractivity contribution < 1.29 is 51.0 Å². The molecule has 0 bridgehead atoms. The van der Waals surface area contributed by atoms with Crippen molar-refractivity contribution in [3.63, 3.8) is 0 Å². The van der Waals surface area contributed by atoms with Gasteiger partial charge in [-0.25, -0.2) is 23.9 Å². The van der Waals surface area contributed by atoms with Gasteiger partial charge in [-0.05, 0) is 69.7 Å². The Bertz CT molecular complexity index is 2300. The number of hydrogen-bond acceptors (Lipinski definition) is 10. The Morgan fingerprint density at radius 2 is 1.65 bits per heavy atom. The highest BCUT2D eigenvalue weighted by Crippen LogP contribution is 2.40. The fourth-order valence-electron chi connectivity index (χ4n) is 7.66. The predicted octanol–water partition coefficient (Wildman–Crippen LogP) is 8.16. The number of carbonyl (C=O) groups is 4. The van der Waals surface area contributed by atoms with Crippen molar-refractivity contribution in [2.45, 2.75) is 85.0 Å². The maximum absolute atomic E-state index is 15.7. The van der Waals surface area contributed by atoms with E-state index in [0.717, 1.165) is 12.1 Å². The van der Waals surface area contributed by atoms with Crippen molar-refractivity contribution >= 4 is 35.5 Å². The standard InChI is InChI=1S/C44H52F4N8O7/c1-24(2)37(53-41(59)61-8)40(58)56-22-25(3)17-34(56)38-50-21-33(51-38)28-11-9-27(10-12-28)30-18-31(45)32(19-35(30)62-44(46,47)48)52-39(57)29-13-14-36(49-20-29)55-16-15-54(23-26(55)4)42(60)63-43(5,6)7/h9-14,18-21,24-26,34,37H,15-17,22-23H2,1-8H3,(H,50,51)(H,52,57)(H,53,59)/t25-,26+,34-,37-/m0/s1. The molecule has 4 aromatic rings. The first-order valence-corrected chi connectivity index (χ1v) is 20.5. The molecule has 63 heavy (non-hydrogen) atoms. The van der Waals surface area contributed by atoms with E-state index < -0.39 is 59.4 Å². The number of nitrogens with one attached hydrogen (secondary N) is 3. The molecule has 6 rings (SSSR count). The number of rotatable bonds is 10. The summed E-state index contributed by atoms with van der Waals surface area (Å²) in [5.74, 6) is -1.87. The normalized spacial score (nSPS) is 18.6. The minimum atomic E-state index is -5.15. The fraction of sp³-hybridized carbons (Fsp3) is 0.455. The van der Waals surface area contributed by atoms with E-state index in [-0.39, 0.29) is 40.5 Å². The van der Waals surface area contributed by atoms with Crippen molar-refractivity contribution in [2.75, 3.05) is 43.5 Å². The molecular formula is C44H52F4N8O7. The molecule has 0 aliphatic carbocycles. The molecule has 19 heteroatoms. The number of alkyl halides is 3. The number of ether oxygens (including phenoxy) is 3. The zero-order valence-electron chi connectivity index (χ0n) is 36.3. The Labute approximate surface area is 362 Å². The van der Waals surface area contributed by atoms with Gasteiger partial charge < -0.3 is 44.5 Å². The van der Waals surface area contributed by atoms with E-state index in [1.807, 2.05) is 32.6 Å². The Morgan fingerprint density at radius 1 is 0.952 bits per heavy atom. The number of anilines is 2. The number of methoxy groups -OCH3 is 1. The molecule has 4 atom stereocenters. The van der Waals surface area contributed by atoms with Crippen LogP contribution in [0.4, 0.5) is 38.7 Å². The average Bonchev–Trinajstić information content (AvgIpc) is 3.86. The van der Waals surface area contributed by atoms with Crippen molar-refractivity contribution in [1.29, 1.82) is 0 Å². The summed E-state index contributed by atoms with van der Waals surface area (Å²) in [6.07, 6.45) is -2.73. The third-order valence-corrected chi connectivity index (χ3v) is 10.7. The van der Waals surface area contributed by atoms with Crippen molar-refractivity contribution in [3.8, 4) is 28.1 Å². The number of amides is 4. The number of aromatic amines is 1. The Kier molecular flexibility index (Phi) is 13.6. The predicted molar refractivity (Wildman–Crippen MR) is 225 cm³/mol. The van der Waals surface area contributed by atoms with Gasteiger partial charge in [-0.1, -0.05) is 45.0 Å². The van der Waals surface area contributed by atoms with Crippen LogP contribution >= 0.6 is 0 Å². The lowest BCUT2D eigenvalue weighted by molar-refractivity contribution is -0.274. The van der Waals surface area contributed by atoms with E-state index in [4.69, 9.17) is 14.5 Å². The molecule has 2 aliphatic heterocycles. The highest BCUT2D eigenvalue weighted by atomic mass is 19.4. The van der Waals surface area contributed by atoms with E-state index in [0.29, 0.717) is 55.5 Å². The number of H-pyrrole nitrogens is 1. The lowest BCUT2D eigenvalue weighted by atomic mass is 10.0. The van der Waals surface area contributed by atoms with Crippen LogP contribution in [0.1, 0.15) is 77.1 Å². The maximum Gasteiger partial charge on any atom is 0.573 e. The van der Waals surface area contributed by atoms with Crippen LogP contribution in [0.3, 0.4) is 0 Å². The van der Waals surface area contributed by atoms with E-state index in [9.17, 15) is 32.3 Å². The SMILES string of the molecule is COC(=O)N[C@H](C(=O)N1C[C@@H](C)C[C@H]1c1nc(-c2ccc(-c3cc(F)c(NC(=O)c4ccc(N5CCN(C(=O)OC(C)(C)C)C[C@H]5C)nc4)cc3OC(F)(F)F)cc2)c[nH]1)C(C)C. The lowest BCUT2D eigenvalue weighted by Gasteiger charge is -2.40. The third kappa shape index (κ3) is 11.2. The van der Waals surface area contributed by atoms with Crippen LogP contribution in [-0.2, 0) is 14.3 Å². The summed E-state index contributed by atoms with van der Waals surface area (Å²) in [6.45, 7) is 14.6. The van der Waals surface area contributed by atoms with Crippen LogP contribution < -0.4 is 20.3 Å². The molecule has 0 saturated carbocycles. The van der Waals surface area contributed by atoms with Crippen molar-refractivity contribution in [2.24, 2.45) is 11.8 Å². The zero-order valence-corrected chi connectivity index (χ0v) is 36.3. The van der Waals surface area contributed by atoms with Gasteiger partial charge in [-0.2, -0.15) is 0 Å². The smallest absolute Gasteiger partial charge is 0.453 e. The van der Waals surface area contributed by atoms with Gasteiger partial charge in [0.25, 0.3) is 5.91 Å². The molecule has 0 spiro atoms. The van der Waals surface area contributed by atoms with Crippen LogP contribution in [0.5, 0.6) is 5.75 Å². The molecule has 15 nitrogen and oxygen atoms in total. The van der Waals surface area contributed by atoms with E-state index in [2.05, 4.69) is 25.3 Å². The van der Waals surface area contributed by atoms with Crippen LogP contribution in [0.2, 0.25) is 0 Å². The van der Waals surface area contributed by atoms with Gasteiger partial charge in [0.15, 0.2) is 0 Å². The molecule has 2 saturated heterocycles. The number of nitrogens with zero attached hydrogens (tertiary/aromatic N) is 5. The minimum Gasteiger partial charge on any atom is -0.453 e. The molecule has 4 heterocycles. The number of halogens is 4. The number of aromatic nitrogens is 3. The number of benzene rings is 2. The Balaban J connectivity index is 1.16. The molecule has 2 fully saturated rings. The summed E-state index contributed by atoms with van der Waals surface area (Å²) >= 11 is 0. The lowest BCUT2D eigenvalue weighted by Crippen LogP contribution is -2.54. The average molecular weight is 881 g/mol. The quantitative estimate of drug-likeness (QED) is 0.132. The van der Waals surface area contributed by atoms with Crippen LogP contribution in [-0.4, -0.2) is 106 Å². The molecule has 2 aromatic heterocycles. The summed E-state index contributed by atoms with van der Waals surface area (Å²) in [7, 11) is 1.23. The van der Waals surface area contributed by atoms with Gasteiger partial charge in [0.1, 0.15) is 34.9 Å². The summed E-state index contributed by atoms with van der Waals surface area (Å²) in [4.78, 5) is 69.1. The molecule has 0 radical (unpaired) electrons. The molecule has 338 valence electrons. The summed E-state index contributed by atoms with van der Waals surface area (Å²) in [5.41, 5.74) is -0.124. The van der Waals surface area contributed by atoms with Gasteiger partial charge >= 0.3 is 18.5 Å². The zero-order chi connectivity index (χ0) is 46.0. The van der Waals surface area contributed by atoms with Gasteiger partial charge in [0.2, 0.25) is 5.91 Å². The Morgan fingerprint density at radius 3 is 2.25 bits per heavy atom. The number of piperazine rings is 1. The second-order valence-electron chi connectivity index (χ2n) is 17.2. The minimum absolute atomic E-state index is 0.0229. The summed E-state index contributed by atoms with van der Waals surface area (Å²) < 4.78 is 71.3. The number of carbonyl (C=O) groups excluding carboxylic acids is 4. The van der Waals surface area contributed by atoms with Crippen LogP contribution in [0.25, 0.3) is 22.4 Å². The van der Waals surface area contributed by atoms with E-state index in [1.54, 1.807) is 55.0 Å². The Hall–Kier alpha value is -6.40. The highest BCUT2D eigenvalue weighted by molar-refractivity contribution is 6.04. The summed E-state index contributed by atoms with van der Waals surface area (Å²) in [5, 5.41) is 4.96. The van der Waals surface area contributed by atoms with Crippen LogP contribution in [0, 0.1) is 17.7 Å². The van der Waals surface area contributed by atoms with E-state index >= 15 is 4.39 Å². The number of imidazole rings is 1. The molecule has 0 unspecified atom stereocenters. The van der Waals surface area contributed by atoms with Crippen molar-refractivity contribution in [1.82, 2.24) is 30.1 Å². The monoisotopic (exact) mass is 880 g/mol. The molecule has 2 aromatic carbocycles. The molecule has 4 amide bonds. The molecule has 2 aliphatic rings. The third-order valence-electron chi connectivity index (χ3n) is 10.7. The first-order valence-electron chi connectivity index (χ1n) is 20.5. The van der Waals surface area contributed by atoms with Crippen LogP contribution in [0.15, 0.2) is 60.9 Å². The maximum atomic E-state index is 15.7. The topological polar surface area (TPSA) is 171 Å². The largest absolute Gasteiger partial charge is 0.573 e. The van der Waals surface area contributed by atoms with Crippen molar-refractivity contribution in [3.05, 3.63) is 78.1 Å². The first-order chi connectivity index (χ1) is 29.6. The summed E-state index contributed by atoms with van der Waals surface area (Å²) in [6, 6.07) is 9.52. The van der Waals surface area contributed by atoms with Gasteiger partial charge in [0, 0.05) is 61.8 Å². The van der Waals surface area contributed by atoms with E-state index in [1.165, 1.54) is 31.5 Å². The highest BCUT2D eigenvalue weighted by Gasteiger charge is 2.40. The number of alkyl carbamates (subject to hydrolysis) is 1. The van der Waals surface area contributed by atoms with Gasteiger partial charge in [0.05, 0.1) is 30.1 Å². The molecule has 3 N–H and O–H groups in total. The first kappa shape index (κ1) is 46.1. The number of pyridine rings is 1. The second-order valence-corrected chi connectivity index (χ2v) is 17.2. The van der Waals surface area contributed by atoms with Gasteiger partial charge in [-0.15, -0.1) is 13.2 Å². The number of hydrogen-bond donors (Lipinski definition) is 3. The molecular weight excluding hydrogens is 829 g/mol. The fourth-order valence-corrected chi connectivity index (χ4v) is 7.66.